The number of hydrogen-bond acceptors (Lipinski definition) is 6. The van der Waals surface area contributed by atoms with Crippen LogP contribution in [0.4, 0.5) is 15.8 Å². The molecular formula is C24H27FN6O3. The number of nitrogens with one attached hydrogen (secondary N) is 3. The van der Waals surface area contributed by atoms with E-state index in [-0.39, 0.29) is 36.2 Å². The lowest BCUT2D eigenvalue weighted by Gasteiger charge is -2.45. The Morgan fingerprint density at radius 3 is 2.97 bits per heavy atom. The van der Waals surface area contributed by atoms with Crippen molar-refractivity contribution in [1.29, 1.82) is 5.41 Å². The Hall–Kier alpha value is -3.66. The van der Waals surface area contributed by atoms with Crippen LogP contribution >= 0.6 is 0 Å². The van der Waals surface area contributed by atoms with Crippen LogP contribution in [0.1, 0.15) is 38.7 Å². The molecule has 0 radical (unpaired) electrons. The second kappa shape index (κ2) is 8.28. The summed E-state index contributed by atoms with van der Waals surface area (Å²) in [4.78, 5) is 14.7. The summed E-state index contributed by atoms with van der Waals surface area (Å²) in [6, 6.07) is 7.94. The van der Waals surface area contributed by atoms with Crippen LogP contribution in [-0.2, 0) is 15.1 Å². The Morgan fingerprint density at radius 1 is 1.38 bits per heavy atom. The van der Waals surface area contributed by atoms with Gasteiger partial charge in [-0.3, -0.25) is 15.1 Å². The maximum atomic E-state index is 14.4. The normalized spacial score (nSPS) is 25.4. The van der Waals surface area contributed by atoms with Crippen molar-refractivity contribution in [2.75, 3.05) is 11.9 Å². The second-order valence-electron chi connectivity index (χ2n) is 9.17. The average Bonchev–Trinajstić information content (AvgIpc) is 3.24. The van der Waals surface area contributed by atoms with Gasteiger partial charge in [-0.1, -0.05) is 12.1 Å². The first kappa shape index (κ1) is 22.1. The summed E-state index contributed by atoms with van der Waals surface area (Å²) in [5, 5.41) is 29.9. The zero-order valence-electron chi connectivity index (χ0n) is 19.0. The van der Waals surface area contributed by atoms with E-state index in [1.165, 1.54) is 21.7 Å². The van der Waals surface area contributed by atoms with Crippen molar-refractivity contribution in [3.05, 3.63) is 54.1 Å². The molecule has 1 amide bonds. The number of pyridine rings is 1. The SMILES string of the molecule is C[C@@H]1C[C@H](N2C(=N)N[C@](C)(c3cccc(Nc4cc(F)c5ccnn5c4)c3O)CC2=O)CCO1. The minimum Gasteiger partial charge on any atom is -0.505 e. The highest BCUT2D eigenvalue weighted by Crippen LogP contribution is 2.40. The maximum Gasteiger partial charge on any atom is 0.232 e. The largest absolute Gasteiger partial charge is 0.505 e. The van der Waals surface area contributed by atoms with Gasteiger partial charge in [-0.25, -0.2) is 8.91 Å². The Balaban J connectivity index is 1.41. The highest BCUT2D eigenvalue weighted by atomic mass is 19.1. The van der Waals surface area contributed by atoms with E-state index >= 15 is 0 Å². The Bertz CT molecular complexity index is 1260. The number of para-hydroxylation sites is 1. The number of benzene rings is 1. The first-order valence-electron chi connectivity index (χ1n) is 11.3. The van der Waals surface area contributed by atoms with Crippen molar-refractivity contribution in [3.63, 3.8) is 0 Å². The molecule has 0 bridgehead atoms. The minimum absolute atomic E-state index is 0.0156. The van der Waals surface area contributed by atoms with Crippen LogP contribution in [0, 0.1) is 11.2 Å². The number of ether oxygens (including phenoxy) is 1. The van der Waals surface area contributed by atoms with Crippen LogP contribution in [0.5, 0.6) is 5.75 Å². The number of phenols is 1. The number of phenolic OH excluding ortho intramolecular Hbond substituents is 1. The van der Waals surface area contributed by atoms with Gasteiger partial charge in [-0.2, -0.15) is 5.10 Å². The lowest BCUT2D eigenvalue weighted by Crippen LogP contribution is -2.62. The van der Waals surface area contributed by atoms with Crippen molar-refractivity contribution in [2.24, 2.45) is 0 Å². The third-order valence-corrected chi connectivity index (χ3v) is 6.60. The van der Waals surface area contributed by atoms with Gasteiger partial charge in [0.1, 0.15) is 11.3 Å². The van der Waals surface area contributed by atoms with E-state index in [0.29, 0.717) is 41.9 Å². The lowest BCUT2D eigenvalue weighted by molar-refractivity contribution is -0.134. The number of guanidine groups is 1. The summed E-state index contributed by atoms with van der Waals surface area (Å²) in [6.07, 6.45) is 4.59. The molecule has 5 rings (SSSR count). The molecule has 9 nitrogen and oxygen atoms in total. The summed E-state index contributed by atoms with van der Waals surface area (Å²) in [5.74, 6) is -0.677. The van der Waals surface area contributed by atoms with Crippen molar-refractivity contribution >= 4 is 28.8 Å². The number of carbonyl (C=O) groups is 1. The molecule has 0 saturated carbocycles. The van der Waals surface area contributed by atoms with E-state index in [9.17, 15) is 14.3 Å². The van der Waals surface area contributed by atoms with Crippen LogP contribution in [-0.4, -0.2) is 50.2 Å². The van der Waals surface area contributed by atoms with Crippen molar-refractivity contribution in [3.8, 4) is 5.75 Å². The highest BCUT2D eigenvalue weighted by Gasteiger charge is 2.44. The fourth-order valence-electron chi connectivity index (χ4n) is 4.93. The number of anilines is 2. The number of amides is 1. The van der Waals surface area contributed by atoms with Gasteiger partial charge >= 0.3 is 0 Å². The molecule has 2 fully saturated rings. The number of aromatic nitrogens is 2. The van der Waals surface area contributed by atoms with Crippen molar-refractivity contribution in [2.45, 2.75) is 50.8 Å². The first-order valence-corrected chi connectivity index (χ1v) is 11.3. The van der Waals surface area contributed by atoms with Gasteiger partial charge < -0.3 is 20.5 Å². The van der Waals surface area contributed by atoms with Crippen LogP contribution in [0.3, 0.4) is 0 Å². The summed E-state index contributed by atoms with van der Waals surface area (Å²) in [7, 11) is 0. The average molecular weight is 467 g/mol. The standard InChI is InChI=1S/C24H27FN6O3/c1-14-10-16(7-9-34-14)31-21(32)12-24(2,29-23(31)26)17-4-3-5-19(22(17)33)28-15-11-18(25)20-6-8-27-30(20)13-15/h3-6,8,11,13-14,16,28,33H,7,9-10,12H2,1-2H3,(H2,26,29)/t14-,16-,24+/m1/s1. The third-order valence-electron chi connectivity index (χ3n) is 6.60. The monoisotopic (exact) mass is 466 g/mol. The minimum atomic E-state index is -0.986. The highest BCUT2D eigenvalue weighted by molar-refractivity contribution is 6.00. The molecule has 4 heterocycles. The summed E-state index contributed by atoms with van der Waals surface area (Å²) >= 11 is 0. The molecule has 34 heavy (non-hydrogen) atoms. The molecular weight excluding hydrogens is 439 g/mol. The van der Waals surface area contributed by atoms with Crippen molar-refractivity contribution < 1.29 is 19.0 Å². The number of aromatic hydroxyl groups is 1. The van der Waals surface area contributed by atoms with E-state index in [2.05, 4.69) is 15.7 Å². The third kappa shape index (κ3) is 3.83. The Kier molecular flexibility index (Phi) is 5.40. The van der Waals surface area contributed by atoms with Gasteiger partial charge in [0.15, 0.2) is 11.8 Å². The molecule has 2 aromatic heterocycles. The van der Waals surface area contributed by atoms with E-state index in [1.807, 2.05) is 6.92 Å². The number of hydrogen-bond donors (Lipinski definition) is 4. The molecule has 3 aromatic rings. The second-order valence-corrected chi connectivity index (χ2v) is 9.17. The zero-order valence-corrected chi connectivity index (χ0v) is 19.0. The van der Waals surface area contributed by atoms with Gasteiger partial charge in [0.05, 0.1) is 41.8 Å². The van der Waals surface area contributed by atoms with Gasteiger partial charge in [0, 0.05) is 24.3 Å². The maximum absolute atomic E-state index is 14.4. The van der Waals surface area contributed by atoms with Gasteiger partial charge in [0.2, 0.25) is 5.91 Å². The molecule has 2 aliphatic rings. The zero-order chi connectivity index (χ0) is 24.0. The molecule has 4 N–H and O–H groups in total. The number of carbonyl (C=O) groups excluding carboxylic acids is 1. The Morgan fingerprint density at radius 2 is 2.21 bits per heavy atom. The summed E-state index contributed by atoms with van der Waals surface area (Å²) in [5.41, 5.74) is 0.595. The topological polar surface area (TPSA) is 115 Å². The Labute approximate surface area is 196 Å². The first-order chi connectivity index (χ1) is 16.2. The predicted molar refractivity (Wildman–Crippen MR) is 125 cm³/mol. The van der Waals surface area contributed by atoms with Gasteiger partial charge in [-0.15, -0.1) is 0 Å². The van der Waals surface area contributed by atoms with E-state index < -0.39 is 11.4 Å². The number of halogens is 1. The summed E-state index contributed by atoms with van der Waals surface area (Å²) < 4.78 is 21.4. The smallest absolute Gasteiger partial charge is 0.232 e. The van der Waals surface area contributed by atoms with Gasteiger partial charge in [0.25, 0.3) is 0 Å². The van der Waals surface area contributed by atoms with Crippen LogP contribution < -0.4 is 10.6 Å². The van der Waals surface area contributed by atoms with Gasteiger partial charge in [-0.05, 0) is 38.8 Å². The molecule has 10 heteroatoms. The molecule has 3 atom stereocenters. The lowest BCUT2D eigenvalue weighted by atomic mass is 9.84. The number of nitrogens with zero attached hydrogens (tertiary/aromatic N) is 3. The van der Waals surface area contributed by atoms with E-state index in [1.54, 1.807) is 37.4 Å². The molecule has 2 aliphatic heterocycles. The van der Waals surface area contributed by atoms with Crippen molar-refractivity contribution in [1.82, 2.24) is 19.8 Å². The number of rotatable bonds is 4. The van der Waals surface area contributed by atoms with Crippen LogP contribution in [0.25, 0.3) is 5.52 Å². The van der Waals surface area contributed by atoms with Crippen LogP contribution in [0.2, 0.25) is 0 Å². The number of fused-ring (bicyclic) bond motifs is 1. The molecule has 0 aliphatic carbocycles. The summed E-state index contributed by atoms with van der Waals surface area (Å²) in [6.45, 7) is 4.31. The van der Waals surface area contributed by atoms with Crippen LogP contribution in [0.15, 0.2) is 42.7 Å². The molecule has 0 spiro atoms. The van der Waals surface area contributed by atoms with E-state index in [4.69, 9.17) is 10.1 Å². The molecule has 2 saturated heterocycles. The predicted octanol–water partition coefficient (Wildman–Crippen LogP) is 3.46. The quantitative estimate of drug-likeness (QED) is 0.438. The molecule has 0 unspecified atom stereocenters. The van der Waals surface area contributed by atoms with E-state index in [0.717, 1.165) is 0 Å². The molecule has 1 aromatic carbocycles. The molecule has 178 valence electrons. The fourth-order valence-corrected chi connectivity index (χ4v) is 4.93. The fraction of sp³-hybridized carbons (Fsp3) is 0.375.